The normalized spacial score (nSPS) is 9.62. The number of carboxylic acid groups (broad SMARTS) is 4. The molecule has 0 bridgehead atoms. The van der Waals surface area contributed by atoms with Gasteiger partial charge in [-0.2, -0.15) is 0 Å². The van der Waals surface area contributed by atoms with Crippen LogP contribution in [0.2, 0.25) is 0 Å². The monoisotopic (exact) mass is 324 g/mol. The summed E-state index contributed by atoms with van der Waals surface area (Å²) in [6, 6.07) is 0. The molecule has 0 unspecified atom stereocenters. The van der Waals surface area contributed by atoms with Crippen LogP contribution in [0.25, 0.3) is 0 Å². The average molecular weight is 324 g/mol. The fourth-order valence-corrected chi connectivity index (χ4v) is 1.36. The van der Waals surface area contributed by atoms with E-state index in [4.69, 9.17) is 20.4 Å². The van der Waals surface area contributed by atoms with Gasteiger partial charge in [0.25, 0.3) is 0 Å². The summed E-state index contributed by atoms with van der Waals surface area (Å²) in [4.78, 5) is 44.0. The summed E-state index contributed by atoms with van der Waals surface area (Å²) in [6.45, 7) is -2.94. The maximum Gasteiger partial charge on any atom is 0.317 e. The second kappa shape index (κ2) is 13.5. The van der Waals surface area contributed by atoms with Gasteiger partial charge in [-0.25, -0.2) is 0 Å². The van der Waals surface area contributed by atoms with Crippen molar-refractivity contribution in [1.82, 2.24) is 9.80 Å². The molecule has 0 atom stereocenters. The molecule has 0 rings (SSSR count). The molecule has 0 saturated carbocycles. The maximum atomic E-state index is 10.5. The van der Waals surface area contributed by atoms with Crippen LogP contribution in [-0.4, -0.2) is 146 Å². The molecular weight excluding hydrogens is 310 g/mol. The van der Waals surface area contributed by atoms with E-state index >= 15 is 0 Å². The van der Waals surface area contributed by atoms with Crippen LogP contribution >= 0.6 is 0 Å². The minimum Gasteiger partial charge on any atom is -0.480 e. The zero-order chi connectivity index (χ0) is 15.0. The Bertz CT molecular complexity index is 313. The maximum absolute atomic E-state index is 10.5. The first-order valence-electron chi connectivity index (χ1n) is 5.02. The predicted molar refractivity (Wildman–Crippen MR) is 70.1 cm³/mol. The van der Waals surface area contributed by atoms with Crippen LogP contribution in [0, 0.1) is 0 Å². The Labute approximate surface area is 164 Å². The molecular formula is C9H14N2Na2O8. The molecule has 0 amide bonds. The van der Waals surface area contributed by atoms with Gasteiger partial charge in [0.2, 0.25) is 0 Å². The van der Waals surface area contributed by atoms with Gasteiger partial charge in [0.05, 0.1) is 32.8 Å². The van der Waals surface area contributed by atoms with Crippen LogP contribution < -0.4 is 0 Å². The fraction of sp³-hybridized carbons (Fsp3) is 0.556. The van der Waals surface area contributed by atoms with Crippen LogP contribution in [0.15, 0.2) is 0 Å². The van der Waals surface area contributed by atoms with Crippen molar-refractivity contribution < 1.29 is 39.6 Å². The second-order valence-corrected chi connectivity index (χ2v) is 3.69. The molecule has 0 heterocycles. The van der Waals surface area contributed by atoms with Crippen LogP contribution in [0.1, 0.15) is 0 Å². The van der Waals surface area contributed by atoms with Gasteiger partial charge in [-0.3, -0.25) is 29.0 Å². The second-order valence-electron chi connectivity index (χ2n) is 3.69. The summed E-state index contributed by atoms with van der Waals surface area (Å²) in [5.41, 5.74) is 0. The molecule has 2 radical (unpaired) electrons. The molecule has 0 aliphatic carbocycles. The van der Waals surface area contributed by atoms with Crippen molar-refractivity contribution in [1.29, 1.82) is 0 Å². The Balaban J connectivity index is -0.00000162. The third-order valence-electron chi connectivity index (χ3n) is 1.84. The molecule has 0 aromatic carbocycles. The van der Waals surface area contributed by atoms with Gasteiger partial charge < -0.3 is 20.4 Å². The SMILES string of the molecule is O=C(O)CN(CC(=O)O)CN(CC(=O)O)CC(=O)O.[Na].[Na]. The van der Waals surface area contributed by atoms with Crippen molar-refractivity contribution in [2.24, 2.45) is 0 Å². The smallest absolute Gasteiger partial charge is 0.317 e. The first-order chi connectivity index (χ1) is 8.70. The number of hydrogen-bond donors (Lipinski definition) is 4. The topological polar surface area (TPSA) is 156 Å². The van der Waals surface area contributed by atoms with Gasteiger partial charge in [0, 0.05) is 59.1 Å². The zero-order valence-corrected chi connectivity index (χ0v) is 15.9. The summed E-state index contributed by atoms with van der Waals surface area (Å²) in [7, 11) is 0. The fourth-order valence-electron chi connectivity index (χ4n) is 1.36. The molecule has 0 aliphatic heterocycles. The van der Waals surface area contributed by atoms with E-state index in [0.29, 0.717) is 0 Å². The standard InChI is InChI=1S/C9H14N2O8.2Na/c12-6(13)1-10(2-7(14)15)5-11(3-8(16)17)4-9(18)19;;/h1-5H2,(H,12,13)(H,14,15)(H,16,17)(H,18,19);;. The van der Waals surface area contributed by atoms with Gasteiger partial charge in [-0.05, 0) is 0 Å². The average Bonchev–Trinajstić information content (AvgIpc) is 2.11. The van der Waals surface area contributed by atoms with Gasteiger partial charge in [0.15, 0.2) is 0 Å². The molecule has 10 nitrogen and oxygen atoms in total. The minimum atomic E-state index is -1.30. The van der Waals surface area contributed by atoms with Crippen molar-refractivity contribution in [3.8, 4) is 0 Å². The Morgan fingerprint density at radius 2 is 0.762 bits per heavy atom. The van der Waals surface area contributed by atoms with Gasteiger partial charge in [0.1, 0.15) is 0 Å². The third kappa shape index (κ3) is 16.0. The van der Waals surface area contributed by atoms with Gasteiger partial charge in [-0.15, -0.1) is 0 Å². The van der Waals surface area contributed by atoms with E-state index in [1.807, 2.05) is 0 Å². The number of hydrogen-bond acceptors (Lipinski definition) is 6. The van der Waals surface area contributed by atoms with Crippen molar-refractivity contribution in [2.75, 3.05) is 32.8 Å². The van der Waals surface area contributed by atoms with Crippen LogP contribution in [0.5, 0.6) is 0 Å². The molecule has 110 valence electrons. The number of nitrogens with zero attached hydrogens (tertiary/aromatic N) is 2. The van der Waals surface area contributed by atoms with Crippen molar-refractivity contribution in [2.45, 2.75) is 0 Å². The molecule has 0 spiro atoms. The first kappa shape index (κ1) is 25.7. The van der Waals surface area contributed by atoms with E-state index < -0.39 is 56.7 Å². The Hall–Kier alpha value is -0.200. The van der Waals surface area contributed by atoms with Crippen molar-refractivity contribution in [3.05, 3.63) is 0 Å². The molecule has 0 aliphatic rings. The Morgan fingerprint density at radius 1 is 0.571 bits per heavy atom. The van der Waals surface area contributed by atoms with Gasteiger partial charge in [-0.1, -0.05) is 0 Å². The predicted octanol–water partition coefficient (Wildman–Crippen LogP) is -2.88. The summed E-state index contributed by atoms with van der Waals surface area (Å²) in [5, 5.41) is 34.4. The summed E-state index contributed by atoms with van der Waals surface area (Å²) >= 11 is 0. The summed E-state index contributed by atoms with van der Waals surface area (Å²) < 4.78 is 0. The minimum absolute atomic E-state index is 0. The molecule has 21 heavy (non-hydrogen) atoms. The molecule has 0 saturated heterocycles. The number of carbonyl (C=O) groups is 4. The van der Waals surface area contributed by atoms with E-state index in [1.54, 1.807) is 0 Å². The van der Waals surface area contributed by atoms with Crippen molar-refractivity contribution >= 4 is 83.0 Å². The van der Waals surface area contributed by atoms with E-state index in [0.717, 1.165) is 9.80 Å². The molecule has 0 aromatic rings. The number of aliphatic carboxylic acids is 4. The zero-order valence-electron chi connectivity index (χ0n) is 11.9. The van der Waals surface area contributed by atoms with E-state index in [9.17, 15) is 19.2 Å². The molecule has 0 fully saturated rings. The Kier molecular flexibility index (Phi) is 16.5. The van der Waals surface area contributed by atoms with Crippen LogP contribution in [0.4, 0.5) is 0 Å². The van der Waals surface area contributed by atoms with E-state index in [-0.39, 0.29) is 59.1 Å². The summed E-state index contributed by atoms with van der Waals surface area (Å²) in [5.74, 6) is -5.20. The van der Waals surface area contributed by atoms with Crippen LogP contribution in [0.3, 0.4) is 0 Å². The first-order valence-corrected chi connectivity index (χ1v) is 5.02. The molecule has 12 heteroatoms. The summed E-state index contributed by atoms with van der Waals surface area (Å²) in [6.07, 6.45) is 0. The number of rotatable bonds is 10. The quantitative estimate of drug-likeness (QED) is 0.243. The number of carboxylic acids is 4. The molecule has 0 aromatic heterocycles. The van der Waals surface area contributed by atoms with E-state index in [2.05, 4.69) is 0 Å². The largest absolute Gasteiger partial charge is 0.480 e. The third-order valence-corrected chi connectivity index (χ3v) is 1.84. The van der Waals surface area contributed by atoms with Gasteiger partial charge >= 0.3 is 23.9 Å². The van der Waals surface area contributed by atoms with Crippen LogP contribution in [-0.2, 0) is 19.2 Å². The van der Waals surface area contributed by atoms with E-state index in [1.165, 1.54) is 0 Å². The Morgan fingerprint density at radius 3 is 0.905 bits per heavy atom. The molecule has 4 N–H and O–H groups in total. The van der Waals surface area contributed by atoms with Crippen molar-refractivity contribution in [3.63, 3.8) is 0 Å².